The van der Waals surface area contributed by atoms with Gasteiger partial charge in [-0.1, -0.05) is 60.7 Å². The maximum Gasteiger partial charge on any atom is 0.247 e. The van der Waals surface area contributed by atoms with Crippen LogP contribution in [0.5, 0.6) is 11.5 Å². The zero-order valence-electron chi connectivity index (χ0n) is 17.9. The van der Waals surface area contributed by atoms with Crippen molar-refractivity contribution >= 4 is 17.5 Å². The average molecular weight is 431 g/mol. The predicted octanol–water partition coefficient (Wildman–Crippen LogP) is 3.42. The van der Waals surface area contributed by atoms with Crippen LogP contribution in [0.25, 0.3) is 0 Å². The molecular weight excluding hydrogens is 406 g/mol. The van der Waals surface area contributed by atoms with Gasteiger partial charge >= 0.3 is 0 Å². The number of carbonyl (C=O) groups excluding carboxylic acids is 2. The van der Waals surface area contributed by atoms with Crippen LogP contribution in [-0.2, 0) is 9.59 Å². The van der Waals surface area contributed by atoms with E-state index in [0.717, 1.165) is 11.1 Å². The minimum atomic E-state index is -0.972. The van der Waals surface area contributed by atoms with E-state index in [1.54, 1.807) is 25.3 Å². The van der Waals surface area contributed by atoms with Crippen LogP contribution in [0.2, 0.25) is 0 Å². The summed E-state index contributed by atoms with van der Waals surface area (Å²) in [4.78, 5) is 26.5. The largest absolute Gasteiger partial charge is 0.497 e. The Bertz CT molecular complexity index is 1090. The molecule has 0 spiro atoms. The molecule has 3 aromatic carbocycles. The Hall–Kier alpha value is -3.84. The lowest BCUT2D eigenvalue weighted by atomic mass is 9.76. The summed E-state index contributed by atoms with van der Waals surface area (Å²) in [6.07, 6.45) is 0. The smallest absolute Gasteiger partial charge is 0.247 e. The molecule has 7 heteroatoms. The molecule has 3 N–H and O–H groups in total. The molecule has 0 aliphatic carbocycles. The number of hydrogen-bond acceptors (Lipinski definition) is 5. The molecule has 0 bridgehead atoms. The predicted molar refractivity (Wildman–Crippen MR) is 121 cm³/mol. The zero-order valence-corrected chi connectivity index (χ0v) is 17.9. The summed E-state index contributed by atoms with van der Waals surface area (Å²) in [6.45, 7) is 0. The molecule has 4 rings (SSSR count). The van der Waals surface area contributed by atoms with E-state index in [4.69, 9.17) is 9.47 Å². The van der Waals surface area contributed by atoms with Gasteiger partial charge in [0.25, 0.3) is 0 Å². The Balaban J connectivity index is 1.73. The molecule has 32 heavy (non-hydrogen) atoms. The number of hydrazine groups is 1. The molecule has 0 radical (unpaired) electrons. The number of rotatable bonds is 6. The highest BCUT2D eigenvalue weighted by molar-refractivity contribution is 6.08. The van der Waals surface area contributed by atoms with Gasteiger partial charge in [-0.05, 0) is 23.3 Å². The number of methoxy groups -OCH3 is 2. The van der Waals surface area contributed by atoms with E-state index < -0.39 is 23.7 Å². The van der Waals surface area contributed by atoms with Crippen molar-refractivity contribution < 1.29 is 19.1 Å². The first-order valence-electron chi connectivity index (χ1n) is 10.3. The van der Waals surface area contributed by atoms with Crippen LogP contribution in [0.4, 0.5) is 5.69 Å². The quantitative estimate of drug-likeness (QED) is 0.521. The summed E-state index contributed by atoms with van der Waals surface area (Å²) in [6, 6.07) is 24.2. The van der Waals surface area contributed by atoms with Crippen LogP contribution in [0.3, 0.4) is 0 Å². The highest BCUT2D eigenvalue weighted by Gasteiger charge is 2.44. The van der Waals surface area contributed by atoms with Gasteiger partial charge in [0.2, 0.25) is 11.8 Å². The van der Waals surface area contributed by atoms with Crippen LogP contribution in [0, 0.1) is 5.92 Å². The van der Waals surface area contributed by atoms with Gasteiger partial charge in [0.05, 0.1) is 25.9 Å². The van der Waals surface area contributed by atoms with Gasteiger partial charge in [0, 0.05) is 12.0 Å². The number of benzene rings is 3. The van der Waals surface area contributed by atoms with E-state index >= 15 is 0 Å². The lowest BCUT2D eigenvalue weighted by Crippen LogP contribution is -2.56. The molecule has 2 amide bonds. The van der Waals surface area contributed by atoms with Crippen molar-refractivity contribution in [2.45, 2.75) is 12.0 Å². The van der Waals surface area contributed by atoms with Crippen LogP contribution in [0.15, 0.2) is 78.9 Å². The maximum absolute atomic E-state index is 13.5. The number of ether oxygens (including phenoxy) is 2. The highest BCUT2D eigenvalue weighted by Crippen LogP contribution is 2.40. The second-order valence-corrected chi connectivity index (χ2v) is 7.49. The fourth-order valence-corrected chi connectivity index (χ4v) is 4.09. The van der Waals surface area contributed by atoms with Gasteiger partial charge in [0.1, 0.15) is 17.4 Å². The topological polar surface area (TPSA) is 88.7 Å². The number of nitrogens with one attached hydrogen (secondary N) is 3. The fraction of sp³-hybridized carbons (Fsp3) is 0.200. The van der Waals surface area contributed by atoms with E-state index in [9.17, 15) is 9.59 Å². The first-order valence-corrected chi connectivity index (χ1v) is 10.3. The van der Waals surface area contributed by atoms with E-state index in [1.807, 2.05) is 60.7 Å². The summed E-state index contributed by atoms with van der Waals surface area (Å²) < 4.78 is 10.7. The number of amides is 2. The minimum Gasteiger partial charge on any atom is -0.497 e. The molecule has 3 atom stereocenters. The van der Waals surface area contributed by atoms with E-state index in [1.165, 1.54) is 7.11 Å². The van der Waals surface area contributed by atoms with Crippen LogP contribution >= 0.6 is 0 Å². The second-order valence-electron chi connectivity index (χ2n) is 7.49. The molecule has 0 saturated carbocycles. The fourth-order valence-electron chi connectivity index (χ4n) is 4.09. The van der Waals surface area contributed by atoms with E-state index in [0.29, 0.717) is 17.2 Å². The van der Waals surface area contributed by atoms with E-state index in [2.05, 4.69) is 16.2 Å². The van der Waals surface area contributed by atoms with Gasteiger partial charge in [-0.2, -0.15) is 0 Å². The second kappa shape index (κ2) is 9.53. The van der Waals surface area contributed by atoms with Crippen LogP contribution < -0.4 is 25.6 Å². The Kier molecular flexibility index (Phi) is 6.37. The van der Waals surface area contributed by atoms with Gasteiger partial charge in [0.15, 0.2) is 0 Å². The Morgan fingerprint density at radius 1 is 0.875 bits per heavy atom. The third kappa shape index (κ3) is 4.29. The molecule has 1 heterocycles. The molecule has 1 saturated heterocycles. The number of hydrogen-bond donors (Lipinski definition) is 3. The van der Waals surface area contributed by atoms with Gasteiger partial charge < -0.3 is 14.8 Å². The average Bonchev–Trinajstić information content (AvgIpc) is 2.84. The van der Waals surface area contributed by atoms with Crippen molar-refractivity contribution in [2.24, 2.45) is 5.92 Å². The Labute approximate surface area is 186 Å². The van der Waals surface area contributed by atoms with Gasteiger partial charge in [-0.15, -0.1) is 0 Å². The Morgan fingerprint density at radius 3 is 2.16 bits per heavy atom. The molecule has 164 valence electrons. The van der Waals surface area contributed by atoms with Crippen molar-refractivity contribution in [2.75, 3.05) is 19.5 Å². The third-order valence-corrected chi connectivity index (χ3v) is 5.64. The molecule has 1 aliphatic heterocycles. The highest BCUT2D eigenvalue weighted by atomic mass is 16.5. The van der Waals surface area contributed by atoms with Crippen molar-refractivity contribution in [1.82, 2.24) is 10.9 Å². The minimum absolute atomic E-state index is 0.292. The molecule has 3 aromatic rings. The first kappa shape index (κ1) is 21.4. The maximum atomic E-state index is 13.5. The summed E-state index contributed by atoms with van der Waals surface area (Å²) >= 11 is 0. The molecule has 1 aliphatic rings. The van der Waals surface area contributed by atoms with Gasteiger partial charge in [-0.25, -0.2) is 5.43 Å². The lowest BCUT2D eigenvalue weighted by Gasteiger charge is -2.38. The van der Waals surface area contributed by atoms with Crippen molar-refractivity contribution in [1.29, 1.82) is 0 Å². The van der Waals surface area contributed by atoms with E-state index in [-0.39, 0.29) is 6.04 Å². The first-order chi connectivity index (χ1) is 15.6. The van der Waals surface area contributed by atoms with Crippen LogP contribution in [-0.4, -0.2) is 26.0 Å². The van der Waals surface area contributed by atoms with Crippen molar-refractivity contribution in [3.8, 4) is 11.5 Å². The number of anilines is 1. The SMILES string of the molecule is COc1ccc(OC)c(NC(=O)C2C(=O)NNC(c3ccccc3)C2c2ccccc2)c1. The summed E-state index contributed by atoms with van der Waals surface area (Å²) in [7, 11) is 3.07. The number of carbonyl (C=O) groups is 2. The molecule has 7 nitrogen and oxygen atoms in total. The lowest BCUT2D eigenvalue weighted by molar-refractivity contribution is -0.137. The summed E-state index contributed by atoms with van der Waals surface area (Å²) in [5, 5.41) is 2.88. The van der Waals surface area contributed by atoms with Gasteiger partial charge in [-0.3, -0.25) is 15.0 Å². The molecule has 0 aromatic heterocycles. The summed E-state index contributed by atoms with van der Waals surface area (Å²) in [5.74, 6) is -1.18. The molecular formula is C25H25N3O4. The third-order valence-electron chi connectivity index (χ3n) is 5.64. The standard InChI is InChI=1S/C25H25N3O4/c1-31-18-13-14-20(32-2)19(15-18)26-24(29)22-21(16-9-5-3-6-10-16)23(27-28-25(22)30)17-11-7-4-8-12-17/h3-15,21-23,27H,1-2H3,(H,26,29)(H,28,30). The Morgan fingerprint density at radius 2 is 1.53 bits per heavy atom. The normalized spacial score (nSPS) is 20.2. The van der Waals surface area contributed by atoms with Crippen molar-refractivity contribution in [3.63, 3.8) is 0 Å². The summed E-state index contributed by atoms with van der Waals surface area (Å²) in [5.41, 5.74) is 8.09. The van der Waals surface area contributed by atoms with Crippen LogP contribution in [0.1, 0.15) is 23.1 Å². The zero-order chi connectivity index (χ0) is 22.5. The molecule has 3 unspecified atom stereocenters. The molecule has 1 fully saturated rings. The van der Waals surface area contributed by atoms with Crippen molar-refractivity contribution in [3.05, 3.63) is 90.0 Å². The monoisotopic (exact) mass is 431 g/mol.